The Balaban J connectivity index is 1.63. The van der Waals surface area contributed by atoms with Gasteiger partial charge in [-0.2, -0.15) is 5.26 Å². The molecule has 2 aromatic carbocycles. The van der Waals surface area contributed by atoms with Gasteiger partial charge in [-0.1, -0.05) is 17.7 Å². The van der Waals surface area contributed by atoms with E-state index in [2.05, 4.69) is 37.3 Å². The van der Waals surface area contributed by atoms with Gasteiger partial charge in [0.25, 0.3) is 0 Å². The second-order valence-corrected chi connectivity index (χ2v) is 8.03. The van der Waals surface area contributed by atoms with Crippen LogP contribution in [0.4, 0.5) is 11.4 Å². The number of fused-ring (bicyclic) bond motifs is 1. The van der Waals surface area contributed by atoms with Gasteiger partial charge >= 0.3 is 0 Å². The van der Waals surface area contributed by atoms with Crippen LogP contribution in [0, 0.1) is 11.3 Å². The zero-order valence-electron chi connectivity index (χ0n) is 17.1. The summed E-state index contributed by atoms with van der Waals surface area (Å²) in [5, 5.41) is 14.2. The maximum Gasteiger partial charge on any atom is 0.138 e. The molecule has 0 aliphatic rings. The van der Waals surface area contributed by atoms with E-state index in [0.29, 0.717) is 52.2 Å². The maximum absolute atomic E-state index is 9.62. The molecule has 4 rings (SSSR count). The average molecular weight is 510 g/mol. The minimum atomic E-state index is 0.317. The van der Waals surface area contributed by atoms with Gasteiger partial charge in [0.2, 0.25) is 0 Å². The van der Waals surface area contributed by atoms with Crippen molar-refractivity contribution in [2.75, 3.05) is 11.9 Å². The first kappa shape index (κ1) is 21.9. The van der Waals surface area contributed by atoms with E-state index in [1.54, 1.807) is 24.5 Å². The number of ether oxygens (including phenoxy) is 2. The third kappa shape index (κ3) is 4.77. The molecule has 2 aromatic heterocycles. The minimum absolute atomic E-state index is 0.317. The number of halogens is 2. The monoisotopic (exact) mass is 508 g/mol. The molecular weight excluding hydrogens is 492 g/mol. The number of nitrogens with zero attached hydrogens (tertiary/aromatic N) is 3. The van der Waals surface area contributed by atoms with Gasteiger partial charge in [-0.3, -0.25) is 9.97 Å². The molecule has 6 nitrogen and oxygen atoms in total. The molecule has 0 bridgehead atoms. The molecule has 0 saturated carbocycles. The molecule has 0 aliphatic heterocycles. The van der Waals surface area contributed by atoms with E-state index in [4.69, 9.17) is 21.1 Å². The Morgan fingerprint density at radius 2 is 1.97 bits per heavy atom. The van der Waals surface area contributed by atoms with Crippen LogP contribution in [-0.2, 0) is 6.61 Å². The van der Waals surface area contributed by atoms with Crippen molar-refractivity contribution in [2.24, 2.45) is 0 Å². The molecule has 0 saturated heterocycles. The van der Waals surface area contributed by atoms with Gasteiger partial charge in [0, 0.05) is 29.5 Å². The number of hydrogen-bond donors (Lipinski definition) is 1. The first-order valence-electron chi connectivity index (χ1n) is 9.83. The minimum Gasteiger partial charge on any atom is -0.493 e. The number of pyridine rings is 2. The van der Waals surface area contributed by atoms with E-state index < -0.39 is 0 Å². The van der Waals surface area contributed by atoms with Crippen LogP contribution in [0.5, 0.6) is 11.5 Å². The number of nitrogens with one attached hydrogen (secondary N) is 1. The van der Waals surface area contributed by atoms with Gasteiger partial charge in [0.1, 0.15) is 24.2 Å². The lowest BCUT2D eigenvalue weighted by molar-refractivity contribution is 0.301. The van der Waals surface area contributed by atoms with Gasteiger partial charge in [-0.25, -0.2) is 0 Å². The van der Waals surface area contributed by atoms with Crippen molar-refractivity contribution in [2.45, 2.75) is 13.5 Å². The van der Waals surface area contributed by atoms with Crippen LogP contribution in [0.25, 0.3) is 10.9 Å². The van der Waals surface area contributed by atoms with Crippen LogP contribution in [-0.4, -0.2) is 16.6 Å². The van der Waals surface area contributed by atoms with Crippen molar-refractivity contribution < 1.29 is 9.47 Å². The molecule has 8 heteroatoms. The first-order chi connectivity index (χ1) is 15.6. The topological polar surface area (TPSA) is 80.1 Å². The Labute approximate surface area is 198 Å². The van der Waals surface area contributed by atoms with Gasteiger partial charge in [0.05, 0.1) is 38.6 Å². The maximum atomic E-state index is 9.62. The average Bonchev–Trinajstić information content (AvgIpc) is 2.80. The van der Waals surface area contributed by atoms with Crippen LogP contribution in [0.1, 0.15) is 18.2 Å². The zero-order chi connectivity index (χ0) is 22.5. The van der Waals surface area contributed by atoms with Crippen LogP contribution in [0.15, 0.2) is 65.4 Å². The third-order valence-electron chi connectivity index (χ3n) is 4.64. The third-order valence-corrected chi connectivity index (χ3v) is 5.56. The van der Waals surface area contributed by atoms with E-state index >= 15 is 0 Å². The summed E-state index contributed by atoms with van der Waals surface area (Å²) in [5.41, 5.74) is 3.29. The Morgan fingerprint density at radius 3 is 2.69 bits per heavy atom. The Morgan fingerprint density at radius 1 is 1.09 bits per heavy atom. The molecule has 4 aromatic rings. The smallest absolute Gasteiger partial charge is 0.138 e. The quantitative estimate of drug-likeness (QED) is 0.301. The summed E-state index contributed by atoms with van der Waals surface area (Å²) >= 11 is 9.98. The van der Waals surface area contributed by atoms with E-state index in [0.717, 1.165) is 15.6 Å². The number of nitriles is 1. The molecule has 0 aliphatic carbocycles. The fraction of sp³-hybridized carbons (Fsp3) is 0.125. The molecule has 0 unspecified atom stereocenters. The van der Waals surface area contributed by atoms with Crippen LogP contribution in [0.2, 0.25) is 5.02 Å². The van der Waals surface area contributed by atoms with Crippen molar-refractivity contribution in [1.29, 1.82) is 5.26 Å². The fourth-order valence-corrected chi connectivity index (χ4v) is 3.85. The number of benzene rings is 2. The van der Waals surface area contributed by atoms with E-state index in [1.165, 1.54) is 0 Å². The Kier molecular flexibility index (Phi) is 6.74. The lowest BCUT2D eigenvalue weighted by atomic mass is 10.1. The molecule has 2 heterocycles. The second kappa shape index (κ2) is 9.86. The lowest BCUT2D eigenvalue weighted by Gasteiger charge is -2.15. The highest BCUT2D eigenvalue weighted by Crippen LogP contribution is 2.37. The summed E-state index contributed by atoms with van der Waals surface area (Å²) in [4.78, 5) is 8.65. The molecule has 0 fully saturated rings. The second-order valence-electron chi connectivity index (χ2n) is 6.77. The van der Waals surface area contributed by atoms with Crippen molar-refractivity contribution in [3.05, 3.63) is 81.7 Å². The van der Waals surface area contributed by atoms with E-state index in [-0.39, 0.29) is 0 Å². The summed E-state index contributed by atoms with van der Waals surface area (Å²) in [6.07, 6.45) is 3.26. The molecule has 0 atom stereocenters. The molecule has 0 spiro atoms. The van der Waals surface area contributed by atoms with E-state index in [1.807, 2.05) is 43.3 Å². The largest absolute Gasteiger partial charge is 0.493 e. The van der Waals surface area contributed by atoms with Crippen molar-refractivity contribution in [3.63, 3.8) is 0 Å². The molecule has 32 heavy (non-hydrogen) atoms. The van der Waals surface area contributed by atoms with Gasteiger partial charge in [-0.05, 0) is 59.3 Å². The highest BCUT2D eigenvalue weighted by atomic mass is 79.9. The van der Waals surface area contributed by atoms with Gasteiger partial charge in [0.15, 0.2) is 0 Å². The summed E-state index contributed by atoms with van der Waals surface area (Å²) < 4.78 is 12.2. The van der Waals surface area contributed by atoms with Crippen molar-refractivity contribution in [1.82, 2.24) is 9.97 Å². The number of anilines is 2. The SMILES string of the molecule is CCOc1cc2ncc(C#N)c(Nc3ccc(OCc4ccccn4)c(Cl)c3)c2cc1Br. The molecule has 160 valence electrons. The molecule has 0 amide bonds. The predicted octanol–water partition coefficient (Wildman–Crippen LogP) is 6.64. The number of rotatable bonds is 7. The highest BCUT2D eigenvalue weighted by Gasteiger charge is 2.14. The van der Waals surface area contributed by atoms with E-state index in [9.17, 15) is 5.26 Å². The summed E-state index contributed by atoms with van der Waals surface area (Å²) in [6.45, 7) is 2.78. The molecular formula is C24H18BrClN4O2. The van der Waals surface area contributed by atoms with Crippen molar-refractivity contribution in [3.8, 4) is 17.6 Å². The van der Waals surface area contributed by atoms with Gasteiger partial charge < -0.3 is 14.8 Å². The number of hydrogen-bond acceptors (Lipinski definition) is 6. The van der Waals surface area contributed by atoms with Crippen LogP contribution in [0.3, 0.4) is 0 Å². The predicted molar refractivity (Wildman–Crippen MR) is 129 cm³/mol. The summed E-state index contributed by atoms with van der Waals surface area (Å²) in [7, 11) is 0. The van der Waals surface area contributed by atoms with Crippen LogP contribution >= 0.6 is 27.5 Å². The molecule has 1 N–H and O–H groups in total. The van der Waals surface area contributed by atoms with Crippen molar-refractivity contribution >= 4 is 49.8 Å². The zero-order valence-corrected chi connectivity index (χ0v) is 19.4. The lowest BCUT2D eigenvalue weighted by Crippen LogP contribution is -2.00. The number of aromatic nitrogens is 2. The fourth-order valence-electron chi connectivity index (χ4n) is 3.15. The Hall–Kier alpha value is -3.34. The summed E-state index contributed by atoms with van der Waals surface area (Å²) in [5.74, 6) is 1.24. The highest BCUT2D eigenvalue weighted by molar-refractivity contribution is 9.10. The normalized spacial score (nSPS) is 10.6. The van der Waals surface area contributed by atoms with Crippen LogP contribution < -0.4 is 14.8 Å². The van der Waals surface area contributed by atoms with Gasteiger partial charge in [-0.15, -0.1) is 0 Å². The standard InChI is InChI=1S/C24H18BrClN4O2/c1-2-31-23-11-21-18(10-19(23)25)24(15(12-27)13-29-21)30-16-6-7-22(20(26)9-16)32-14-17-5-3-4-8-28-17/h3-11,13H,2,14H2,1H3,(H,29,30). The Bertz CT molecular complexity index is 1310. The molecule has 0 radical (unpaired) electrons. The first-order valence-corrected chi connectivity index (χ1v) is 11.0. The summed E-state index contributed by atoms with van der Waals surface area (Å²) in [6, 6.07) is 17.0.